The highest BCUT2D eigenvalue weighted by molar-refractivity contribution is 5.71. The van der Waals surface area contributed by atoms with Crippen molar-refractivity contribution in [2.75, 3.05) is 13.7 Å². The summed E-state index contributed by atoms with van der Waals surface area (Å²) < 4.78 is 10.8. The van der Waals surface area contributed by atoms with Crippen molar-refractivity contribution in [3.05, 3.63) is 0 Å². The van der Waals surface area contributed by atoms with Gasteiger partial charge in [-0.25, -0.2) is 4.79 Å². The minimum atomic E-state index is -0.939. The number of ether oxygens (including phenoxy) is 2. The molecule has 1 rings (SSSR count). The first-order valence-corrected chi connectivity index (χ1v) is 6.85. The van der Waals surface area contributed by atoms with E-state index in [2.05, 4.69) is 0 Å². The van der Waals surface area contributed by atoms with Gasteiger partial charge in [0.25, 0.3) is 0 Å². The van der Waals surface area contributed by atoms with E-state index in [1.807, 2.05) is 20.8 Å². The molecule has 0 radical (unpaired) electrons. The predicted octanol–water partition coefficient (Wildman–Crippen LogP) is 2.27. The molecule has 0 aromatic rings. The lowest BCUT2D eigenvalue weighted by Crippen LogP contribution is -2.53. The van der Waals surface area contributed by atoms with Crippen LogP contribution < -0.4 is 0 Å². The van der Waals surface area contributed by atoms with E-state index < -0.39 is 23.3 Å². The number of likely N-dealkylation sites (tertiary alicyclic amines) is 1. The summed E-state index contributed by atoms with van der Waals surface area (Å²) in [6, 6.07) is -0.279. The zero-order chi connectivity index (χ0) is 15.6. The topological polar surface area (TPSA) is 76.1 Å². The number of hydrogen-bond acceptors (Lipinski definition) is 4. The van der Waals surface area contributed by atoms with Crippen LogP contribution in [-0.2, 0) is 14.3 Å². The van der Waals surface area contributed by atoms with Gasteiger partial charge in [0.1, 0.15) is 5.60 Å². The minimum absolute atomic E-state index is 0.145. The highest BCUT2D eigenvalue weighted by Gasteiger charge is 2.45. The van der Waals surface area contributed by atoms with Crippen LogP contribution in [0.1, 0.15) is 47.0 Å². The zero-order valence-corrected chi connectivity index (χ0v) is 12.9. The number of methoxy groups -OCH3 is 1. The van der Waals surface area contributed by atoms with Crippen LogP contribution in [0.2, 0.25) is 0 Å². The number of amides is 1. The molecule has 1 aliphatic rings. The Morgan fingerprint density at radius 1 is 1.30 bits per heavy atom. The fourth-order valence-electron chi connectivity index (χ4n) is 2.57. The van der Waals surface area contributed by atoms with Gasteiger partial charge < -0.3 is 19.5 Å². The summed E-state index contributed by atoms with van der Waals surface area (Å²) in [5, 5.41) is 9.04. The summed E-state index contributed by atoms with van der Waals surface area (Å²) in [4.78, 5) is 24.8. The Morgan fingerprint density at radius 3 is 2.35 bits per heavy atom. The monoisotopic (exact) mass is 287 g/mol. The van der Waals surface area contributed by atoms with Crippen LogP contribution in [0.25, 0.3) is 0 Å². The smallest absolute Gasteiger partial charge is 0.410 e. The van der Waals surface area contributed by atoms with Gasteiger partial charge in [-0.3, -0.25) is 4.79 Å². The molecule has 6 heteroatoms. The number of carboxylic acid groups (broad SMARTS) is 1. The molecule has 0 spiro atoms. The third-order valence-electron chi connectivity index (χ3n) is 3.55. The fraction of sp³-hybridized carbons (Fsp3) is 0.857. The molecule has 20 heavy (non-hydrogen) atoms. The van der Waals surface area contributed by atoms with Crippen LogP contribution in [0, 0.1) is 0 Å². The molecule has 0 aromatic carbocycles. The van der Waals surface area contributed by atoms with Crippen LogP contribution in [0.3, 0.4) is 0 Å². The van der Waals surface area contributed by atoms with Crippen LogP contribution in [0.5, 0.6) is 0 Å². The number of carbonyl (C=O) groups is 2. The molecule has 1 fully saturated rings. The van der Waals surface area contributed by atoms with Crippen molar-refractivity contribution in [1.29, 1.82) is 0 Å². The van der Waals surface area contributed by atoms with Gasteiger partial charge in [0, 0.05) is 13.7 Å². The highest BCUT2D eigenvalue weighted by Crippen LogP contribution is 2.33. The van der Waals surface area contributed by atoms with E-state index in [0.717, 1.165) is 12.8 Å². The molecule has 0 aliphatic carbocycles. The van der Waals surface area contributed by atoms with Crippen molar-refractivity contribution in [2.45, 2.75) is 64.2 Å². The summed E-state index contributed by atoms with van der Waals surface area (Å²) >= 11 is 0. The second-order valence-corrected chi connectivity index (χ2v) is 6.42. The molecule has 1 N–H and O–H groups in total. The van der Waals surface area contributed by atoms with Gasteiger partial charge in [-0.05, 0) is 40.5 Å². The average molecular weight is 287 g/mol. The van der Waals surface area contributed by atoms with E-state index >= 15 is 0 Å². The summed E-state index contributed by atoms with van der Waals surface area (Å²) in [5.41, 5.74) is -1.47. The Labute approximate surface area is 120 Å². The number of rotatable bonds is 4. The number of aliphatic carboxylic acids is 1. The third kappa shape index (κ3) is 4.10. The second kappa shape index (κ2) is 5.99. The van der Waals surface area contributed by atoms with Crippen LogP contribution >= 0.6 is 0 Å². The maximum Gasteiger partial charge on any atom is 0.410 e. The maximum absolute atomic E-state index is 12.2. The molecule has 1 heterocycles. The summed E-state index contributed by atoms with van der Waals surface area (Å²) in [6.07, 6.45) is 0.987. The Kier molecular flexibility index (Phi) is 5.02. The van der Waals surface area contributed by atoms with E-state index in [-0.39, 0.29) is 12.5 Å². The molecule has 2 atom stereocenters. The van der Waals surface area contributed by atoms with E-state index in [9.17, 15) is 9.59 Å². The van der Waals surface area contributed by atoms with Gasteiger partial charge in [0.05, 0.1) is 18.1 Å². The van der Waals surface area contributed by atoms with Crippen LogP contribution in [-0.4, -0.2) is 53.0 Å². The van der Waals surface area contributed by atoms with Crippen molar-refractivity contribution in [3.8, 4) is 0 Å². The molecule has 0 bridgehead atoms. The maximum atomic E-state index is 12.2. The largest absolute Gasteiger partial charge is 0.481 e. The Balaban J connectivity index is 2.87. The molecule has 1 saturated heterocycles. The van der Waals surface area contributed by atoms with Crippen LogP contribution in [0.15, 0.2) is 0 Å². The lowest BCUT2D eigenvalue weighted by molar-refractivity contribution is -0.146. The Morgan fingerprint density at radius 2 is 1.90 bits per heavy atom. The van der Waals surface area contributed by atoms with Gasteiger partial charge in [-0.1, -0.05) is 0 Å². The average Bonchev–Trinajstić information content (AvgIpc) is 2.75. The number of nitrogens with zero attached hydrogens (tertiary/aromatic N) is 1. The Bertz CT molecular complexity index is 376. The van der Waals surface area contributed by atoms with Gasteiger partial charge in [0.15, 0.2) is 0 Å². The van der Waals surface area contributed by atoms with Crippen molar-refractivity contribution in [3.63, 3.8) is 0 Å². The normalized spacial score (nSPS) is 22.4. The quantitative estimate of drug-likeness (QED) is 0.858. The zero-order valence-electron chi connectivity index (χ0n) is 12.9. The van der Waals surface area contributed by atoms with Gasteiger partial charge in [0.2, 0.25) is 0 Å². The molecule has 0 saturated carbocycles. The summed E-state index contributed by atoms with van der Waals surface area (Å²) in [5.74, 6) is -0.939. The predicted molar refractivity (Wildman–Crippen MR) is 73.6 cm³/mol. The van der Waals surface area contributed by atoms with Crippen molar-refractivity contribution < 1.29 is 24.2 Å². The summed E-state index contributed by atoms with van der Waals surface area (Å²) in [6.45, 7) is 7.72. The first-order chi connectivity index (χ1) is 9.09. The molecule has 6 nitrogen and oxygen atoms in total. The standard InChI is InChI=1S/C14H25NO5/c1-13(2,3)20-12(18)15-8-6-7-10(15)14(4,19-5)9-11(16)17/h10H,6-9H2,1-5H3,(H,16,17)/t10?,14-/m1/s1. The Hall–Kier alpha value is -1.30. The fourth-order valence-corrected chi connectivity index (χ4v) is 2.57. The molecule has 1 amide bonds. The molecule has 0 aromatic heterocycles. The molecular weight excluding hydrogens is 262 g/mol. The third-order valence-corrected chi connectivity index (χ3v) is 3.55. The number of carbonyl (C=O) groups excluding carboxylic acids is 1. The number of carboxylic acids is 1. The lowest BCUT2D eigenvalue weighted by Gasteiger charge is -2.38. The highest BCUT2D eigenvalue weighted by atomic mass is 16.6. The first-order valence-electron chi connectivity index (χ1n) is 6.85. The van der Waals surface area contributed by atoms with Crippen LogP contribution in [0.4, 0.5) is 4.79 Å². The summed E-state index contributed by atoms with van der Waals surface area (Å²) in [7, 11) is 1.48. The van der Waals surface area contributed by atoms with Crippen molar-refractivity contribution in [1.82, 2.24) is 4.90 Å². The van der Waals surface area contributed by atoms with E-state index in [4.69, 9.17) is 14.6 Å². The second-order valence-electron chi connectivity index (χ2n) is 6.42. The van der Waals surface area contributed by atoms with Gasteiger partial charge in [-0.15, -0.1) is 0 Å². The van der Waals surface area contributed by atoms with Crippen molar-refractivity contribution >= 4 is 12.1 Å². The minimum Gasteiger partial charge on any atom is -0.481 e. The molecule has 1 unspecified atom stereocenters. The van der Waals surface area contributed by atoms with E-state index in [0.29, 0.717) is 6.54 Å². The number of hydrogen-bond donors (Lipinski definition) is 1. The first kappa shape index (κ1) is 16.8. The SMILES string of the molecule is CO[C@](C)(CC(=O)O)C1CCCN1C(=O)OC(C)(C)C. The van der Waals surface area contributed by atoms with E-state index in [1.165, 1.54) is 7.11 Å². The molecule has 1 aliphatic heterocycles. The van der Waals surface area contributed by atoms with Crippen molar-refractivity contribution in [2.24, 2.45) is 0 Å². The molecular formula is C14H25NO5. The van der Waals surface area contributed by atoms with E-state index in [1.54, 1.807) is 11.8 Å². The van der Waals surface area contributed by atoms with Gasteiger partial charge >= 0.3 is 12.1 Å². The molecule has 116 valence electrons. The van der Waals surface area contributed by atoms with Gasteiger partial charge in [-0.2, -0.15) is 0 Å². The lowest BCUT2D eigenvalue weighted by atomic mass is 9.90.